The minimum atomic E-state index is -4.59. The van der Waals surface area contributed by atoms with Crippen LogP contribution in [0.2, 0.25) is 5.02 Å². The van der Waals surface area contributed by atoms with E-state index in [0.717, 1.165) is 6.07 Å². The molecule has 1 N–H and O–H groups in total. The molecule has 0 spiro atoms. The number of aromatic nitrogens is 2. The van der Waals surface area contributed by atoms with Crippen molar-refractivity contribution in [2.24, 2.45) is 0 Å². The van der Waals surface area contributed by atoms with Crippen molar-refractivity contribution in [1.82, 2.24) is 9.97 Å². The summed E-state index contributed by atoms with van der Waals surface area (Å²) in [6.07, 6.45) is -4.59. The van der Waals surface area contributed by atoms with Crippen LogP contribution in [0.25, 0.3) is 0 Å². The molecule has 1 aromatic carbocycles. The summed E-state index contributed by atoms with van der Waals surface area (Å²) in [7, 11) is 0. The summed E-state index contributed by atoms with van der Waals surface area (Å²) >= 11 is 5.92. The largest absolute Gasteiger partial charge is 0.433 e. The van der Waals surface area contributed by atoms with Gasteiger partial charge in [0, 0.05) is 29.4 Å². The van der Waals surface area contributed by atoms with Crippen LogP contribution >= 0.6 is 11.6 Å². The summed E-state index contributed by atoms with van der Waals surface area (Å²) in [5.41, 5.74) is -0.760. The van der Waals surface area contributed by atoms with Gasteiger partial charge in [-0.3, -0.25) is 10.1 Å². The number of aryl methyl sites for hydroxylation is 1. The maximum atomic E-state index is 12.7. The first-order valence-electron chi connectivity index (χ1n) is 6.26. The first kappa shape index (κ1) is 16.9. The van der Waals surface area contributed by atoms with E-state index in [1.165, 1.54) is 25.1 Å². The van der Waals surface area contributed by atoms with Crippen LogP contribution in [0.15, 0.2) is 24.3 Å². The van der Waals surface area contributed by atoms with E-state index in [1.807, 2.05) is 0 Å². The maximum Gasteiger partial charge on any atom is 0.433 e. The van der Waals surface area contributed by atoms with Crippen LogP contribution in [0.3, 0.4) is 0 Å². The molecule has 0 fully saturated rings. The van der Waals surface area contributed by atoms with Gasteiger partial charge in [-0.05, 0) is 24.6 Å². The molecule has 1 aromatic heterocycles. The number of nitrogens with zero attached hydrogens (tertiary/aromatic N) is 3. The Labute approximate surface area is 133 Å². The van der Waals surface area contributed by atoms with Crippen LogP contribution in [0, 0.1) is 17.0 Å². The number of nitro groups is 1. The van der Waals surface area contributed by atoms with Gasteiger partial charge in [0.2, 0.25) is 5.95 Å². The lowest BCUT2D eigenvalue weighted by Gasteiger charge is -2.11. The van der Waals surface area contributed by atoms with Gasteiger partial charge in [0.25, 0.3) is 5.69 Å². The first-order valence-corrected chi connectivity index (χ1v) is 6.64. The van der Waals surface area contributed by atoms with Crippen molar-refractivity contribution in [3.63, 3.8) is 0 Å². The molecule has 23 heavy (non-hydrogen) atoms. The molecule has 0 saturated carbocycles. The second-order valence-electron chi connectivity index (χ2n) is 4.60. The van der Waals surface area contributed by atoms with E-state index in [2.05, 4.69) is 15.3 Å². The van der Waals surface area contributed by atoms with Crippen molar-refractivity contribution in [2.45, 2.75) is 19.6 Å². The predicted molar refractivity (Wildman–Crippen MR) is 77.2 cm³/mol. The summed E-state index contributed by atoms with van der Waals surface area (Å²) < 4.78 is 38.1. The van der Waals surface area contributed by atoms with Gasteiger partial charge < -0.3 is 5.32 Å². The highest BCUT2D eigenvalue weighted by atomic mass is 35.5. The second kappa shape index (κ2) is 6.37. The number of rotatable bonds is 4. The Morgan fingerprint density at radius 1 is 1.30 bits per heavy atom. The van der Waals surface area contributed by atoms with Gasteiger partial charge >= 0.3 is 6.18 Å². The molecule has 0 radical (unpaired) electrons. The highest BCUT2D eigenvalue weighted by Gasteiger charge is 2.33. The molecular formula is C13H10ClF3N4O2. The molecule has 0 atom stereocenters. The number of halogens is 4. The molecule has 0 amide bonds. The molecular weight excluding hydrogens is 337 g/mol. The van der Waals surface area contributed by atoms with Crippen LogP contribution in [-0.2, 0) is 12.7 Å². The van der Waals surface area contributed by atoms with Crippen molar-refractivity contribution >= 4 is 23.2 Å². The lowest BCUT2D eigenvalue weighted by molar-refractivity contribution is -0.384. The maximum absolute atomic E-state index is 12.7. The number of nitrogens with one attached hydrogen (secondary N) is 1. The molecule has 0 aliphatic rings. The fraction of sp³-hybridized carbons (Fsp3) is 0.231. The minimum Gasteiger partial charge on any atom is -0.350 e. The number of hydrogen-bond acceptors (Lipinski definition) is 5. The molecule has 0 unspecified atom stereocenters. The standard InChI is InChI=1S/C13H10ClF3N4O2/c1-7-4-11(13(15,16)17)20-12(19-7)18-6-8-5-9(21(22)23)2-3-10(8)14/h2-5H,6H2,1H3,(H,18,19,20). The Balaban J connectivity index is 2.23. The number of benzene rings is 1. The number of alkyl halides is 3. The lowest BCUT2D eigenvalue weighted by atomic mass is 10.2. The number of non-ortho nitro benzene ring substituents is 1. The third kappa shape index (κ3) is 4.28. The van der Waals surface area contributed by atoms with E-state index < -0.39 is 16.8 Å². The number of hydrogen-bond donors (Lipinski definition) is 1. The highest BCUT2D eigenvalue weighted by molar-refractivity contribution is 6.31. The summed E-state index contributed by atoms with van der Waals surface area (Å²) in [5.74, 6) is -0.236. The van der Waals surface area contributed by atoms with E-state index >= 15 is 0 Å². The molecule has 0 bridgehead atoms. The normalized spacial score (nSPS) is 11.3. The van der Waals surface area contributed by atoms with Gasteiger partial charge in [0.05, 0.1) is 4.92 Å². The van der Waals surface area contributed by atoms with Gasteiger partial charge in [-0.2, -0.15) is 13.2 Å². The SMILES string of the molecule is Cc1cc(C(F)(F)F)nc(NCc2cc([N+](=O)[O-])ccc2Cl)n1. The van der Waals surface area contributed by atoms with E-state index in [0.29, 0.717) is 5.56 Å². The molecule has 1 heterocycles. The quantitative estimate of drug-likeness (QED) is 0.669. The second-order valence-corrected chi connectivity index (χ2v) is 5.01. The van der Waals surface area contributed by atoms with Gasteiger partial charge in [0.1, 0.15) is 5.69 Å². The fourth-order valence-electron chi connectivity index (χ4n) is 1.78. The van der Waals surface area contributed by atoms with Crippen molar-refractivity contribution in [1.29, 1.82) is 0 Å². The Hall–Kier alpha value is -2.42. The summed E-state index contributed by atoms with van der Waals surface area (Å²) in [6.45, 7) is 1.35. The molecule has 2 aromatic rings. The minimum absolute atomic E-state index is 0.0543. The van der Waals surface area contributed by atoms with Gasteiger partial charge in [-0.1, -0.05) is 11.6 Å². The van der Waals surface area contributed by atoms with Crippen LogP contribution in [-0.4, -0.2) is 14.9 Å². The van der Waals surface area contributed by atoms with Crippen molar-refractivity contribution in [3.8, 4) is 0 Å². The van der Waals surface area contributed by atoms with Crippen molar-refractivity contribution in [3.05, 3.63) is 56.4 Å². The van der Waals surface area contributed by atoms with E-state index in [1.54, 1.807) is 0 Å². The third-order valence-corrected chi connectivity index (χ3v) is 3.19. The van der Waals surface area contributed by atoms with E-state index in [4.69, 9.17) is 11.6 Å². The molecule has 0 aliphatic heterocycles. The monoisotopic (exact) mass is 346 g/mol. The van der Waals surface area contributed by atoms with Crippen LogP contribution in [0.4, 0.5) is 24.8 Å². The van der Waals surface area contributed by atoms with Gasteiger partial charge in [-0.25, -0.2) is 9.97 Å². The average Bonchev–Trinajstić information content (AvgIpc) is 2.44. The molecule has 6 nitrogen and oxygen atoms in total. The smallest absolute Gasteiger partial charge is 0.350 e. The first-order chi connectivity index (χ1) is 10.7. The molecule has 0 saturated heterocycles. The third-order valence-electron chi connectivity index (χ3n) is 2.82. The van der Waals surface area contributed by atoms with E-state index in [9.17, 15) is 23.3 Å². The van der Waals surface area contributed by atoms with Crippen LogP contribution in [0.1, 0.15) is 17.0 Å². The average molecular weight is 347 g/mol. The lowest BCUT2D eigenvalue weighted by Crippen LogP contribution is -2.13. The number of anilines is 1. The summed E-state index contributed by atoms with van der Waals surface area (Å²) in [5, 5.41) is 13.6. The van der Waals surface area contributed by atoms with Crippen LogP contribution < -0.4 is 5.32 Å². The molecule has 2 rings (SSSR count). The van der Waals surface area contributed by atoms with Crippen LogP contribution in [0.5, 0.6) is 0 Å². The van der Waals surface area contributed by atoms with Crippen molar-refractivity contribution in [2.75, 3.05) is 5.32 Å². The Morgan fingerprint density at radius 2 is 2.00 bits per heavy atom. The predicted octanol–water partition coefficient (Wildman–Crippen LogP) is 3.98. The summed E-state index contributed by atoms with van der Waals surface area (Å²) in [4.78, 5) is 17.4. The fourth-order valence-corrected chi connectivity index (χ4v) is 1.96. The zero-order chi connectivity index (χ0) is 17.2. The van der Waals surface area contributed by atoms with Gasteiger partial charge in [0.15, 0.2) is 0 Å². The van der Waals surface area contributed by atoms with E-state index in [-0.39, 0.29) is 28.9 Å². The molecule has 0 aliphatic carbocycles. The highest BCUT2D eigenvalue weighted by Crippen LogP contribution is 2.29. The Bertz CT molecular complexity index is 752. The molecule has 122 valence electrons. The Kier molecular flexibility index (Phi) is 4.69. The topological polar surface area (TPSA) is 81.0 Å². The van der Waals surface area contributed by atoms with Crippen molar-refractivity contribution < 1.29 is 18.1 Å². The number of nitro benzene ring substituents is 1. The molecule has 10 heteroatoms. The zero-order valence-corrected chi connectivity index (χ0v) is 12.4. The zero-order valence-electron chi connectivity index (χ0n) is 11.7. The Morgan fingerprint density at radius 3 is 2.61 bits per heavy atom. The summed E-state index contributed by atoms with van der Waals surface area (Å²) in [6, 6.07) is 4.63. The van der Waals surface area contributed by atoms with Gasteiger partial charge in [-0.15, -0.1) is 0 Å².